The van der Waals surface area contributed by atoms with Gasteiger partial charge in [0.1, 0.15) is 0 Å². The van der Waals surface area contributed by atoms with E-state index in [1.54, 1.807) is 0 Å². The smallest absolute Gasteiger partial charge is 0.340 e. The molecule has 0 fully saturated rings. The second-order valence-electron chi connectivity index (χ2n) is 2.92. The Morgan fingerprint density at radius 3 is 2.43 bits per heavy atom. The molecule has 14 heavy (non-hydrogen) atoms. The van der Waals surface area contributed by atoms with E-state index in [4.69, 9.17) is 15.9 Å². The van der Waals surface area contributed by atoms with E-state index >= 15 is 0 Å². The molecule has 0 unspecified atom stereocenters. The molecule has 6 nitrogen and oxygen atoms in total. The van der Waals surface area contributed by atoms with Crippen LogP contribution in [-0.2, 0) is 14.3 Å². The van der Waals surface area contributed by atoms with Crippen LogP contribution in [0.15, 0.2) is 0 Å². The van der Waals surface area contributed by atoms with Gasteiger partial charge in [-0.1, -0.05) is 13.3 Å². The molecule has 0 aromatic carbocycles. The lowest BCUT2D eigenvalue weighted by molar-refractivity contribution is -0.163. The maximum atomic E-state index is 11.1. The van der Waals surface area contributed by atoms with Crippen molar-refractivity contribution in [3.63, 3.8) is 0 Å². The van der Waals surface area contributed by atoms with E-state index < -0.39 is 24.1 Å². The second kappa shape index (κ2) is 5.56. The highest BCUT2D eigenvalue weighted by Gasteiger charge is 2.43. The van der Waals surface area contributed by atoms with E-state index in [9.17, 15) is 9.59 Å². The molecule has 0 aliphatic heterocycles. The predicted octanol–water partition coefficient (Wildman–Crippen LogP) is -0.896. The fourth-order valence-electron chi connectivity index (χ4n) is 0.657. The van der Waals surface area contributed by atoms with Crippen LogP contribution in [0.5, 0.6) is 0 Å². The topological polar surface area (TPSA) is 110 Å². The maximum absolute atomic E-state index is 11.1. The molecule has 0 bridgehead atoms. The molecule has 0 amide bonds. The number of aliphatic hydroxyl groups is 1. The first-order chi connectivity index (χ1) is 6.49. The van der Waals surface area contributed by atoms with E-state index in [0.29, 0.717) is 6.42 Å². The first-order valence-electron chi connectivity index (χ1n) is 4.29. The Bertz CT molecular complexity index is 218. The van der Waals surface area contributed by atoms with Gasteiger partial charge in [-0.25, -0.2) is 9.59 Å². The summed E-state index contributed by atoms with van der Waals surface area (Å²) < 4.78 is 4.60. The summed E-state index contributed by atoms with van der Waals surface area (Å²) >= 11 is 0. The number of carboxylic acid groups (broad SMARTS) is 1. The summed E-state index contributed by atoms with van der Waals surface area (Å²) in [5.74, 6) is -2.71. The van der Waals surface area contributed by atoms with Crippen LogP contribution >= 0.6 is 0 Å². The lowest BCUT2D eigenvalue weighted by Crippen LogP contribution is -2.58. The van der Waals surface area contributed by atoms with Crippen molar-refractivity contribution in [3.05, 3.63) is 0 Å². The molecule has 0 rings (SSSR count). The predicted molar refractivity (Wildman–Crippen MR) is 47.5 cm³/mol. The Kier molecular flexibility index (Phi) is 5.11. The Morgan fingerprint density at radius 1 is 1.50 bits per heavy atom. The summed E-state index contributed by atoms with van der Waals surface area (Å²) in [7, 11) is 0. The molecule has 0 aliphatic rings. The van der Waals surface area contributed by atoms with Gasteiger partial charge in [0.05, 0.1) is 13.2 Å². The van der Waals surface area contributed by atoms with E-state index in [2.05, 4.69) is 4.74 Å². The van der Waals surface area contributed by atoms with Gasteiger partial charge < -0.3 is 20.7 Å². The summed E-state index contributed by atoms with van der Waals surface area (Å²) in [4.78, 5) is 21.7. The monoisotopic (exact) mass is 205 g/mol. The maximum Gasteiger partial charge on any atom is 0.340 e. The van der Waals surface area contributed by atoms with Gasteiger partial charge in [-0.2, -0.15) is 0 Å². The number of aliphatic carboxylic acids is 1. The Hall–Kier alpha value is -1.14. The van der Waals surface area contributed by atoms with E-state index in [1.165, 1.54) is 0 Å². The van der Waals surface area contributed by atoms with Gasteiger partial charge in [-0.15, -0.1) is 0 Å². The summed E-state index contributed by atoms with van der Waals surface area (Å²) in [6.07, 6.45) is 1.45. The van der Waals surface area contributed by atoms with Crippen LogP contribution < -0.4 is 5.73 Å². The molecule has 0 saturated heterocycles. The highest BCUT2D eigenvalue weighted by Crippen LogP contribution is 2.04. The average molecular weight is 205 g/mol. The molecular formula is C8H15NO5. The van der Waals surface area contributed by atoms with Crippen LogP contribution in [0.2, 0.25) is 0 Å². The minimum absolute atomic E-state index is 0.113. The SMILES string of the molecule is CCCCOC(=O)[C@](N)(CO)C(=O)O. The van der Waals surface area contributed by atoms with Gasteiger partial charge in [-0.3, -0.25) is 0 Å². The molecule has 6 heteroatoms. The van der Waals surface area contributed by atoms with Crippen molar-refractivity contribution in [1.29, 1.82) is 0 Å². The third-order valence-electron chi connectivity index (χ3n) is 1.73. The molecule has 4 N–H and O–H groups in total. The Morgan fingerprint density at radius 2 is 2.07 bits per heavy atom. The van der Waals surface area contributed by atoms with Crippen molar-refractivity contribution in [2.24, 2.45) is 5.73 Å². The quantitative estimate of drug-likeness (QED) is 0.294. The fourth-order valence-corrected chi connectivity index (χ4v) is 0.657. The van der Waals surface area contributed by atoms with Crippen molar-refractivity contribution in [2.45, 2.75) is 25.3 Å². The van der Waals surface area contributed by atoms with Crippen molar-refractivity contribution in [3.8, 4) is 0 Å². The van der Waals surface area contributed by atoms with Gasteiger partial charge in [0.15, 0.2) is 0 Å². The van der Waals surface area contributed by atoms with Gasteiger partial charge in [0.25, 0.3) is 0 Å². The second-order valence-corrected chi connectivity index (χ2v) is 2.92. The molecular weight excluding hydrogens is 190 g/mol. The van der Waals surface area contributed by atoms with Crippen LogP contribution in [0.3, 0.4) is 0 Å². The number of esters is 1. The summed E-state index contributed by atoms with van der Waals surface area (Å²) in [6, 6.07) is 0. The summed E-state index contributed by atoms with van der Waals surface area (Å²) in [6.45, 7) is 1.03. The number of carbonyl (C=O) groups excluding carboxylic acids is 1. The fraction of sp³-hybridized carbons (Fsp3) is 0.750. The highest BCUT2D eigenvalue weighted by molar-refractivity contribution is 6.03. The van der Waals surface area contributed by atoms with Gasteiger partial charge >= 0.3 is 11.9 Å². The van der Waals surface area contributed by atoms with Crippen LogP contribution in [0.1, 0.15) is 19.8 Å². The standard InChI is InChI=1S/C8H15NO5/c1-2-3-4-14-7(13)8(9,5-10)6(11)12/h10H,2-5,9H2,1H3,(H,11,12)/t8-/m0/s1. The van der Waals surface area contributed by atoms with Crippen molar-refractivity contribution in [1.82, 2.24) is 0 Å². The highest BCUT2D eigenvalue weighted by atomic mass is 16.5. The average Bonchev–Trinajstić information content (AvgIpc) is 2.16. The largest absolute Gasteiger partial charge is 0.479 e. The molecule has 1 atom stereocenters. The third-order valence-corrected chi connectivity index (χ3v) is 1.73. The van der Waals surface area contributed by atoms with Crippen molar-refractivity contribution >= 4 is 11.9 Å². The Labute approximate surface area is 81.7 Å². The zero-order valence-corrected chi connectivity index (χ0v) is 8.02. The number of rotatable bonds is 6. The number of carbonyl (C=O) groups is 2. The van der Waals surface area contributed by atoms with Crippen molar-refractivity contribution in [2.75, 3.05) is 13.2 Å². The number of nitrogens with two attached hydrogens (primary N) is 1. The summed E-state index contributed by atoms with van der Waals surface area (Å²) in [5, 5.41) is 17.2. The zero-order chi connectivity index (χ0) is 11.2. The molecule has 0 radical (unpaired) electrons. The molecule has 0 spiro atoms. The normalized spacial score (nSPS) is 14.5. The first kappa shape index (κ1) is 12.9. The van der Waals surface area contributed by atoms with Gasteiger partial charge in [-0.05, 0) is 6.42 Å². The molecule has 0 saturated carbocycles. The van der Waals surface area contributed by atoms with Crippen LogP contribution in [0, 0.1) is 0 Å². The molecule has 0 aromatic heterocycles. The van der Waals surface area contributed by atoms with Crippen LogP contribution in [0.25, 0.3) is 0 Å². The van der Waals surface area contributed by atoms with E-state index in [1.807, 2.05) is 6.92 Å². The lowest BCUT2D eigenvalue weighted by atomic mass is 10.0. The summed E-state index contributed by atoms with van der Waals surface area (Å²) in [5.41, 5.74) is 2.80. The number of aliphatic hydroxyl groups excluding tert-OH is 1. The molecule has 0 aromatic rings. The molecule has 0 heterocycles. The van der Waals surface area contributed by atoms with Gasteiger partial charge in [0.2, 0.25) is 5.54 Å². The number of carboxylic acids is 1. The van der Waals surface area contributed by atoms with E-state index in [-0.39, 0.29) is 6.61 Å². The van der Waals surface area contributed by atoms with Crippen LogP contribution in [-0.4, -0.2) is 40.9 Å². The van der Waals surface area contributed by atoms with Gasteiger partial charge in [0, 0.05) is 0 Å². The first-order valence-corrected chi connectivity index (χ1v) is 4.29. The number of hydrogen-bond acceptors (Lipinski definition) is 5. The lowest BCUT2D eigenvalue weighted by Gasteiger charge is -2.19. The minimum atomic E-state index is -2.34. The number of unbranched alkanes of at least 4 members (excludes halogenated alkanes) is 1. The number of hydrogen-bond donors (Lipinski definition) is 3. The van der Waals surface area contributed by atoms with Crippen LogP contribution in [0.4, 0.5) is 0 Å². The van der Waals surface area contributed by atoms with Crippen molar-refractivity contribution < 1.29 is 24.5 Å². The third kappa shape index (κ3) is 2.97. The minimum Gasteiger partial charge on any atom is -0.479 e. The number of ether oxygens (including phenoxy) is 1. The molecule has 0 aliphatic carbocycles. The zero-order valence-electron chi connectivity index (χ0n) is 8.02. The molecule has 82 valence electrons. The van der Waals surface area contributed by atoms with E-state index in [0.717, 1.165) is 6.42 Å². The Balaban J connectivity index is 4.25.